The van der Waals surface area contributed by atoms with Crippen molar-refractivity contribution in [1.29, 1.82) is 0 Å². The van der Waals surface area contributed by atoms with Crippen molar-refractivity contribution >= 4 is 17.4 Å². The van der Waals surface area contributed by atoms with Gasteiger partial charge < -0.3 is 10.1 Å². The van der Waals surface area contributed by atoms with E-state index in [1.165, 1.54) is 4.88 Å². The summed E-state index contributed by atoms with van der Waals surface area (Å²) in [5, 5.41) is 2.86. The molecular weight excluding hydrogens is 274 g/mol. The number of nitrogens with zero attached hydrogens (tertiary/aromatic N) is 2. The van der Waals surface area contributed by atoms with Gasteiger partial charge in [-0.15, -0.1) is 11.3 Å². The molecule has 0 aromatic carbocycles. The van der Waals surface area contributed by atoms with Crippen molar-refractivity contribution in [3.05, 3.63) is 16.6 Å². The molecule has 1 unspecified atom stereocenters. The van der Waals surface area contributed by atoms with E-state index in [9.17, 15) is 4.79 Å². The van der Waals surface area contributed by atoms with E-state index < -0.39 is 5.60 Å². The second kappa shape index (κ2) is 6.54. The maximum Gasteiger partial charge on any atom is 0.407 e. The zero-order valence-electron chi connectivity index (χ0n) is 12.4. The molecule has 0 spiro atoms. The predicted octanol–water partition coefficient (Wildman–Crippen LogP) is 2.49. The number of likely N-dealkylation sites (tertiary alicyclic amines) is 1. The fourth-order valence-electron chi connectivity index (χ4n) is 2.31. The van der Waals surface area contributed by atoms with Crippen LogP contribution in [0.2, 0.25) is 0 Å². The van der Waals surface area contributed by atoms with E-state index in [0.717, 1.165) is 26.1 Å². The largest absolute Gasteiger partial charge is 0.444 e. The first-order chi connectivity index (χ1) is 9.42. The molecule has 112 valence electrons. The molecule has 1 aliphatic heterocycles. The molecule has 20 heavy (non-hydrogen) atoms. The summed E-state index contributed by atoms with van der Waals surface area (Å²) in [6.45, 7) is 9.38. The molecule has 1 aromatic rings. The van der Waals surface area contributed by atoms with E-state index in [2.05, 4.69) is 15.2 Å². The summed E-state index contributed by atoms with van der Waals surface area (Å²) in [4.78, 5) is 19.4. The van der Waals surface area contributed by atoms with Crippen LogP contribution < -0.4 is 5.32 Å². The number of alkyl carbamates (subject to hydrolysis) is 1. The number of rotatable bonds is 4. The van der Waals surface area contributed by atoms with Crippen LogP contribution in [0.25, 0.3) is 0 Å². The molecule has 1 saturated heterocycles. The highest BCUT2D eigenvalue weighted by molar-refractivity contribution is 7.09. The summed E-state index contributed by atoms with van der Waals surface area (Å²) < 4.78 is 5.24. The number of hydrogen-bond acceptors (Lipinski definition) is 5. The standard InChI is InChI=1S/C14H23N3O2S/c1-14(2,3)19-13(18)16-6-11-4-5-17(8-11)9-12-7-15-10-20-12/h7,10-11H,4-6,8-9H2,1-3H3,(H,16,18). The lowest BCUT2D eigenvalue weighted by atomic mass is 10.1. The molecule has 1 atom stereocenters. The van der Waals surface area contributed by atoms with Gasteiger partial charge in [0.25, 0.3) is 0 Å². The van der Waals surface area contributed by atoms with Gasteiger partial charge in [0, 0.05) is 30.7 Å². The van der Waals surface area contributed by atoms with Crippen molar-refractivity contribution in [2.45, 2.75) is 39.3 Å². The molecule has 1 fully saturated rings. The minimum atomic E-state index is -0.433. The molecule has 1 aliphatic rings. The van der Waals surface area contributed by atoms with Crippen molar-refractivity contribution < 1.29 is 9.53 Å². The Morgan fingerprint density at radius 1 is 1.60 bits per heavy atom. The lowest BCUT2D eigenvalue weighted by molar-refractivity contribution is 0.0519. The fourth-order valence-corrected chi connectivity index (χ4v) is 2.94. The molecule has 2 heterocycles. The molecule has 0 bridgehead atoms. The quantitative estimate of drug-likeness (QED) is 0.927. The van der Waals surface area contributed by atoms with E-state index >= 15 is 0 Å². The van der Waals surface area contributed by atoms with Gasteiger partial charge in [-0.3, -0.25) is 9.88 Å². The van der Waals surface area contributed by atoms with E-state index in [-0.39, 0.29) is 6.09 Å². The first-order valence-electron chi connectivity index (χ1n) is 6.99. The molecule has 1 aromatic heterocycles. The first kappa shape index (κ1) is 15.3. The Labute approximate surface area is 124 Å². The van der Waals surface area contributed by atoms with Crippen LogP contribution in [0.4, 0.5) is 4.79 Å². The van der Waals surface area contributed by atoms with Crippen molar-refractivity contribution in [3.63, 3.8) is 0 Å². The van der Waals surface area contributed by atoms with Crippen molar-refractivity contribution in [3.8, 4) is 0 Å². The number of ether oxygens (including phenoxy) is 1. The van der Waals surface area contributed by atoms with Gasteiger partial charge in [0.1, 0.15) is 5.60 Å². The van der Waals surface area contributed by atoms with Crippen LogP contribution in [0.1, 0.15) is 32.1 Å². The Balaban J connectivity index is 1.67. The third-order valence-corrected chi connectivity index (χ3v) is 3.93. The summed E-state index contributed by atoms with van der Waals surface area (Å²) in [6.07, 6.45) is 2.73. The number of hydrogen-bond donors (Lipinski definition) is 1. The SMILES string of the molecule is CC(C)(C)OC(=O)NCC1CCN(Cc2cncs2)C1. The van der Waals surface area contributed by atoms with Crippen molar-refractivity contribution in [1.82, 2.24) is 15.2 Å². The smallest absolute Gasteiger partial charge is 0.407 e. The van der Waals surface area contributed by atoms with Crippen molar-refractivity contribution in [2.75, 3.05) is 19.6 Å². The normalized spacial score (nSPS) is 20.1. The van der Waals surface area contributed by atoms with Gasteiger partial charge in [0.15, 0.2) is 0 Å². The highest BCUT2D eigenvalue weighted by atomic mass is 32.1. The molecular formula is C14H23N3O2S. The van der Waals surface area contributed by atoms with Crippen molar-refractivity contribution in [2.24, 2.45) is 5.92 Å². The number of nitrogens with one attached hydrogen (secondary N) is 1. The third kappa shape index (κ3) is 5.09. The molecule has 2 rings (SSSR count). The van der Waals surface area contributed by atoms with Crippen LogP contribution in [0.3, 0.4) is 0 Å². The Morgan fingerprint density at radius 3 is 3.05 bits per heavy atom. The zero-order valence-corrected chi connectivity index (χ0v) is 13.2. The number of thiazole rings is 1. The van der Waals surface area contributed by atoms with E-state index in [1.54, 1.807) is 11.3 Å². The van der Waals surface area contributed by atoms with Gasteiger partial charge in [-0.05, 0) is 39.7 Å². The summed E-state index contributed by atoms with van der Waals surface area (Å²) in [7, 11) is 0. The maximum absolute atomic E-state index is 11.6. The molecule has 5 nitrogen and oxygen atoms in total. The van der Waals surface area contributed by atoms with Crippen LogP contribution in [-0.4, -0.2) is 41.2 Å². The maximum atomic E-state index is 11.6. The summed E-state index contributed by atoms with van der Waals surface area (Å²) in [5.74, 6) is 0.510. The summed E-state index contributed by atoms with van der Waals surface area (Å²) >= 11 is 1.69. The molecule has 1 amide bonds. The fraction of sp³-hybridized carbons (Fsp3) is 0.714. The van der Waals surface area contributed by atoms with Gasteiger partial charge in [-0.2, -0.15) is 0 Å². The predicted molar refractivity (Wildman–Crippen MR) is 79.7 cm³/mol. The van der Waals surface area contributed by atoms with Crippen LogP contribution in [-0.2, 0) is 11.3 Å². The van der Waals surface area contributed by atoms with Gasteiger partial charge in [-0.25, -0.2) is 4.79 Å². The third-order valence-electron chi connectivity index (χ3n) is 3.17. The Morgan fingerprint density at radius 2 is 2.40 bits per heavy atom. The van der Waals surface area contributed by atoms with Gasteiger partial charge >= 0.3 is 6.09 Å². The van der Waals surface area contributed by atoms with Gasteiger partial charge in [0.05, 0.1) is 5.51 Å². The molecule has 0 radical (unpaired) electrons. The highest BCUT2D eigenvalue weighted by Gasteiger charge is 2.24. The second-order valence-corrected chi connectivity index (χ2v) is 7.21. The minimum absolute atomic E-state index is 0.321. The topological polar surface area (TPSA) is 54.5 Å². The van der Waals surface area contributed by atoms with Crippen LogP contribution in [0, 0.1) is 5.92 Å². The number of aromatic nitrogens is 1. The minimum Gasteiger partial charge on any atom is -0.444 e. The monoisotopic (exact) mass is 297 g/mol. The molecule has 1 N–H and O–H groups in total. The van der Waals surface area contributed by atoms with E-state index in [4.69, 9.17) is 4.74 Å². The Kier molecular flexibility index (Phi) is 4.99. The Bertz CT molecular complexity index is 428. The number of carbonyl (C=O) groups excluding carboxylic acids is 1. The summed E-state index contributed by atoms with van der Waals surface area (Å²) in [5.41, 5.74) is 1.44. The first-order valence-corrected chi connectivity index (χ1v) is 7.87. The summed E-state index contributed by atoms with van der Waals surface area (Å²) in [6, 6.07) is 0. The lowest BCUT2D eigenvalue weighted by Crippen LogP contribution is -2.35. The molecule has 0 aliphatic carbocycles. The zero-order chi connectivity index (χ0) is 14.6. The number of amides is 1. The average Bonchev–Trinajstić information content (AvgIpc) is 2.96. The van der Waals surface area contributed by atoms with E-state index in [0.29, 0.717) is 12.5 Å². The van der Waals surface area contributed by atoms with Crippen LogP contribution in [0.5, 0.6) is 0 Å². The lowest BCUT2D eigenvalue weighted by Gasteiger charge is -2.20. The molecule has 6 heteroatoms. The second-order valence-electron chi connectivity index (χ2n) is 6.24. The average molecular weight is 297 g/mol. The van der Waals surface area contributed by atoms with Gasteiger partial charge in [-0.1, -0.05) is 0 Å². The van der Waals surface area contributed by atoms with Crippen LogP contribution in [0.15, 0.2) is 11.7 Å². The van der Waals surface area contributed by atoms with E-state index in [1.807, 2.05) is 32.5 Å². The highest BCUT2D eigenvalue weighted by Crippen LogP contribution is 2.19. The number of carbonyl (C=O) groups is 1. The van der Waals surface area contributed by atoms with Gasteiger partial charge in [0.2, 0.25) is 0 Å². The Hall–Kier alpha value is -1.14. The van der Waals surface area contributed by atoms with Crippen LogP contribution >= 0.6 is 11.3 Å². The molecule has 0 saturated carbocycles.